The molecule has 0 bridgehead atoms. The minimum Gasteiger partial charge on any atom is -0.206 e. The molecule has 2 rings (SSSR count). The van der Waals surface area contributed by atoms with Crippen molar-refractivity contribution in [3.05, 3.63) is 16.5 Å². The fourth-order valence-corrected chi connectivity index (χ4v) is 5.02. The lowest BCUT2D eigenvalue weighted by atomic mass is 10.4. The van der Waals surface area contributed by atoms with E-state index in [4.69, 9.17) is 11.6 Å². The largest absolute Gasteiger partial charge is 0.250 e. The first kappa shape index (κ1) is 11.9. The molecule has 1 aromatic rings. The lowest BCUT2D eigenvalue weighted by Crippen LogP contribution is -2.37. The molecule has 0 saturated heterocycles. The number of hydrogen-bond donors (Lipinski definition) is 1. The van der Waals surface area contributed by atoms with E-state index in [1.165, 1.54) is 6.07 Å². The average molecular weight is 331 g/mol. The summed E-state index contributed by atoms with van der Waals surface area (Å²) in [5.74, 6) is 0. The van der Waals surface area contributed by atoms with Crippen molar-refractivity contribution in [3.8, 4) is 0 Å². The van der Waals surface area contributed by atoms with Gasteiger partial charge in [0.05, 0.1) is 4.34 Å². The van der Waals surface area contributed by atoms with Gasteiger partial charge in [-0.3, -0.25) is 0 Å². The molecule has 3 nitrogen and oxygen atoms in total. The van der Waals surface area contributed by atoms with Gasteiger partial charge in [-0.25, -0.2) is 13.1 Å². The van der Waals surface area contributed by atoms with E-state index in [1.807, 2.05) is 0 Å². The summed E-state index contributed by atoms with van der Waals surface area (Å²) in [6.07, 6.45) is 1.77. The van der Waals surface area contributed by atoms with Crippen LogP contribution in [0.25, 0.3) is 0 Å². The van der Waals surface area contributed by atoms with Gasteiger partial charge >= 0.3 is 0 Å². The summed E-state index contributed by atoms with van der Waals surface area (Å²) in [7, 11) is -3.39. The van der Waals surface area contributed by atoms with E-state index in [0.717, 1.165) is 24.2 Å². The molecule has 0 atom stereocenters. The predicted octanol–water partition coefficient (Wildman–Crippen LogP) is 2.61. The van der Waals surface area contributed by atoms with Crippen LogP contribution in [0, 0.1) is 0 Å². The number of nitrogens with one attached hydrogen (secondary N) is 1. The lowest BCUT2D eigenvalue weighted by Gasteiger charge is -2.12. The topological polar surface area (TPSA) is 46.2 Å². The Morgan fingerprint density at radius 2 is 2.20 bits per heavy atom. The molecule has 15 heavy (non-hydrogen) atoms. The van der Waals surface area contributed by atoms with Crippen LogP contribution in [0.2, 0.25) is 4.34 Å². The van der Waals surface area contributed by atoms with Gasteiger partial charge in [0.2, 0.25) is 0 Å². The molecule has 1 aliphatic carbocycles. The van der Waals surface area contributed by atoms with E-state index >= 15 is 0 Å². The molecule has 7 heteroatoms. The number of halogens is 2. The maximum atomic E-state index is 11.9. The zero-order chi connectivity index (χ0) is 11.1. The number of rotatable bonds is 4. The van der Waals surface area contributed by atoms with Crippen LogP contribution in [0.4, 0.5) is 0 Å². The van der Waals surface area contributed by atoms with Gasteiger partial charge in [-0.15, -0.1) is 11.3 Å². The van der Waals surface area contributed by atoms with E-state index < -0.39 is 10.0 Å². The zero-order valence-electron chi connectivity index (χ0n) is 7.66. The molecule has 0 spiro atoms. The van der Waals surface area contributed by atoms with Crippen molar-refractivity contribution >= 4 is 48.9 Å². The van der Waals surface area contributed by atoms with Crippen molar-refractivity contribution in [2.75, 3.05) is 5.33 Å². The summed E-state index contributed by atoms with van der Waals surface area (Å²) in [5, 5.41) is 0.651. The van der Waals surface area contributed by atoms with Crippen molar-refractivity contribution in [1.29, 1.82) is 0 Å². The summed E-state index contributed by atoms with van der Waals surface area (Å²) in [6.45, 7) is 0. The highest BCUT2D eigenvalue weighted by Crippen LogP contribution is 2.39. The SMILES string of the molecule is O=S(=O)(NC1(CBr)CC1)c1ccc(Cl)s1. The summed E-state index contributed by atoms with van der Waals surface area (Å²) in [5.41, 5.74) is -0.269. The van der Waals surface area contributed by atoms with Crippen molar-refractivity contribution < 1.29 is 8.42 Å². The van der Waals surface area contributed by atoms with Crippen LogP contribution in [-0.2, 0) is 10.0 Å². The van der Waals surface area contributed by atoms with Gasteiger partial charge in [0.1, 0.15) is 4.21 Å². The van der Waals surface area contributed by atoms with Gasteiger partial charge in [0, 0.05) is 10.9 Å². The molecule has 1 fully saturated rings. The molecule has 0 aliphatic heterocycles. The molecule has 84 valence electrons. The van der Waals surface area contributed by atoms with E-state index in [2.05, 4.69) is 20.7 Å². The molecule has 0 aromatic carbocycles. The quantitative estimate of drug-likeness (QED) is 0.863. The van der Waals surface area contributed by atoms with Gasteiger partial charge in [0.15, 0.2) is 0 Å². The zero-order valence-corrected chi connectivity index (χ0v) is 11.6. The third-order valence-corrected chi connectivity index (χ3v) is 6.65. The number of thiophene rings is 1. The maximum Gasteiger partial charge on any atom is 0.250 e. The van der Waals surface area contributed by atoms with Crippen molar-refractivity contribution in [2.45, 2.75) is 22.6 Å². The van der Waals surface area contributed by atoms with Crippen LogP contribution in [0.15, 0.2) is 16.3 Å². The Hall–Kier alpha value is 0.380. The van der Waals surface area contributed by atoms with E-state index in [-0.39, 0.29) is 9.75 Å². The Morgan fingerprint density at radius 3 is 2.60 bits per heavy atom. The maximum absolute atomic E-state index is 11.9. The fourth-order valence-electron chi connectivity index (χ4n) is 1.19. The van der Waals surface area contributed by atoms with Crippen LogP contribution in [0.5, 0.6) is 0 Å². The molecular weight excluding hydrogens is 322 g/mol. The van der Waals surface area contributed by atoms with E-state index in [9.17, 15) is 8.42 Å². The second kappa shape index (κ2) is 4.00. The predicted molar refractivity (Wildman–Crippen MR) is 65.4 cm³/mol. The van der Waals surface area contributed by atoms with Gasteiger partial charge in [-0.1, -0.05) is 27.5 Å². The van der Waals surface area contributed by atoms with Gasteiger partial charge in [-0.2, -0.15) is 0 Å². The van der Waals surface area contributed by atoms with E-state index in [1.54, 1.807) is 6.07 Å². The standard InChI is InChI=1S/C8H9BrClNO2S2/c9-5-8(3-4-8)11-15(12,13)7-2-1-6(10)14-7/h1-2,11H,3-5H2. The molecule has 0 unspecified atom stereocenters. The Bertz CT molecular complexity index is 467. The van der Waals surface area contributed by atoms with E-state index in [0.29, 0.717) is 9.67 Å². The Morgan fingerprint density at radius 1 is 1.53 bits per heavy atom. The van der Waals surface area contributed by atoms with Crippen molar-refractivity contribution in [1.82, 2.24) is 4.72 Å². The molecule has 1 saturated carbocycles. The second-order valence-corrected chi connectivity index (χ2v) is 7.76. The smallest absolute Gasteiger partial charge is 0.206 e. The minimum atomic E-state index is -3.39. The van der Waals surface area contributed by atoms with Crippen molar-refractivity contribution in [2.24, 2.45) is 0 Å². The van der Waals surface area contributed by atoms with Crippen LogP contribution >= 0.6 is 38.9 Å². The van der Waals surface area contributed by atoms with Crippen LogP contribution in [0.3, 0.4) is 0 Å². The normalized spacial score (nSPS) is 19.1. The first-order chi connectivity index (χ1) is 6.97. The molecule has 1 aliphatic rings. The fraction of sp³-hybridized carbons (Fsp3) is 0.500. The van der Waals surface area contributed by atoms with Crippen LogP contribution in [-0.4, -0.2) is 19.3 Å². The summed E-state index contributed by atoms with van der Waals surface area (Å²) in [4.78, 5) is 0. The molecule has 1 N–H and O–H groups in total. The highest BCUT2D eigenvalue weighted by atomic mass is 79.9. The number of alkyl halides is 1. The molecular formula is C8H9BrClNO2S2. The third kappa shape index (κ3) is 2.55. The van der Waals surface area contributed by atoms with Crippen LogP contribution in [0.1, 0.15) is 12.8 Å². The molecule has 1 heterocycles. The minimum absolute atomic E-state index is 0.269. The van der Waals surface area contributed by atoms with Gasteiger partial charge < -0.3 is 0 Å². The third-order valence-electron chi connectivity index (χ3n) is 2.27. The first-order valence-corrected chi connectivity index (χ1v) is 8.13. The molecule has 1 aromatic heterocycles. The molecule has 0 radical (unpaired) electrons. The first-order valence-electron chi connectivity index (χ1n) is 4.33. The highest BCUT2D eigenvalue weighted by molar-refractivity contribution is 9.09. The highest BCUT2D eigenvalue weighted by Gasteiger charge is 2.45. The Labute approximate surface area is 106 Å². The van der Waals surface area contributed by atoms with Gasteiger partial charge in [0.25, 0.3) is 10.0 Å². The summed E-state index contributed by atoms with van der Waals surface area (Å²) < 4.78 is 27.2. The molecule has 0 amide bonds. The van der Waals surface area contributed by atoms with Crippen LogP contribution < -0.4 is 4.72 Å². The monoisotopic (exact) mass is 329 g/mol. The lowest BCUT2D eigenvalue weighted by molar-refractivity contribution is 0.563. The van der Waals surface area contributed by atoms with Gasteiger partial charge in [-0.05, 0) is 25.0 Å². The number of sulfonamides is 1. The Balaban J connectivity index is 2.21. The Kier molecular flexibility index (Phi) is 3.16. The van der Waals surface area contributed by atoms with Crippen molar-refractivity contribution in [3.63, 3.8) is 0 Å². The summed E-state index contributed by atoms with van der Waals surface area (Å²) >= 11 is 10.1. The average Bonchev–Trinajstić information content (AvgIpc) is 2.78. The number of hydrogen-bond acceptors (Lipinski definition) is 3. The second-order valence-electron chi connectivity index (χ2n) is 3.58. The summed E-state index contributed by atoms with van der Waals surface area (Å²) in [6, 6.07) is 3.12.